The van der Waals surface area contributed by atoms with E-state index in [0.717, 1.165) is 29.1 Å². The van der Waals surface area contributed by atoms with Crippen LogP contribution in [0.4, 0.5) is 0 Å². The number of ketones is 1. The molecule has 0 radical (unpaired) electrons. The lowest BCUT2D eigenvalue weighted by Crippen LogP contribution is -2.17. The summed E-state index contributed by atoms with van der Waals surface area (Å²) in [5, 5.41) is 0. The van der Waals surface area contributed by atoms with Crippen LogP contribution in [0.1, 0.15) is 27.3 Å². The summed E-state index contributed by atoms with van der Waals surface area (Å²) in [6.45, 7) is 4.51. The van der Waals surface area contributed by atoms with Crippen molar-refractivity contribution in [3.8, 4) is 5.75 Å². The molecule has 3 aromatic rings. The molecule has 0 amide bonds. The van der Waals surface area contributed by atoms with Gasteiger partial charge >= 0.3 is 0 Å². The van der Waals surface area contributed by atoms with Crippen LogP contribution in [0, 0.1) is 13.8 Å². The molecule has 0 N–H and O–H groups in total. The summed E-state index contributed by atoms with van der Waals surface area (Å²) in [7, 11) is -2.02. The Morgan fingerprint density at radius 1 is 1.00 bits per heavy atom. The Morgan fingerprint density at radius 2 is 1.66 bits per heavy atom. The normalized spacial score (nSPS) is 11.4. The highest BCUT2D eigenvalue weighted by Gasteiger charge is 2.23. The van der Waals surface area contributed by atoms with Gasteiger partial charge < -0.3 is 9.30 Å². The molecule has 1 aromatic heterocycles. The fraction of sp³-hybridized carbons (Fsp3) is 0.261. The lowest BCUT2D eigenvalue weighted by atomic mass is 10.1. The van der Waals surface area contributed by atoms with Gasteiger partial charge in [0, 0.05) is 23.5 Å². The Balaban J connectivity index is 1.75. The second-order valence-corrected chi connectivity index (χ2v) is 9.02. The highest BCUT2D eigenvalue weighted by molar-refractivity contribution is 7.92. The van der Waals surface area contributed by atoms with E-state index in [9.17, 15) is 13.2 Å². The average Bonchev–Trinajstić information content (AvgIpc) is 3.01. The zero-order chi connectivity index (χ0) is 21.0. The number of hydrogen-bond acceptors (Lipinski definition) is 4. The number of carbonyl (C=O) groups is 1. The summed E-state index contributed by atoms with van der Waals surface area (Å²) in [6.07, 6.45) is 0.802. The van der Waals surface area contributed by atoms with E-state index in [1.54, 1.807) is 31.4 Å². The summed E-state index contributed by atoms with van der Waals surface area (Å²) in [6, 6.07) is 17.8. The predicted molar refractivity (Wildman–Crippen MR) is 113 cm³/mol. The van der Waals surface area contributed by atoms with E-state index >= 15 is 0 Å². The number of carbonyl (C=O) groups excluding carboxylic acids is 1. The number of benzene rings is 2. The highest BCUT2D eigenvalue weighted by atomic mass is 32.2. The van der Waals surface area contributed by atoms with Crippen molar-refractivity contribution >= 4 is 15.6 Å². The molecule has 0 aliphatic heterocycles. The van der Waals surface area contributed by atoms with E-state index in [2.05, 4.69) is 4.57 Å². The van der Waals surface area contributed by atoms with Crippen molar-refractivity contribution in [2.75, 3.05) is 12.9 Å². The summed E-state index contributed by atoms with van der Waals surface area (Å²) in [5.41, 5.74) is 3.37. The van der Waals surface area contributed by atoms with Crippen molar-refractivity contribution in [2.24, 2.45) is 0 Å². The molecule has 1 heterocycles. The van der Waals surface area contributed by atoms with Crippen LogP contribution >= 0.6 is 0 Å². The van der Waals surface area contributed by atoms with Crippen LogP contribution in [-0.4, -0.2) is 31.6 Å². The Kier molecular flexibility index (Phi) is 6.23. The first-order valence-corrected chi connectivity index (χ1v) is 11.1. The maximum atomic E-state index is 12.8. The molecule has 0 aliphatic carbocycles. The number of ether oxygens (including phenoxy) is 1. The minimum absolute atomic E-state index is 0.168. The second-order valence-electron chi connectivity index (χ2n) is 7.03. The van der Waals surface area contributed by atoms with Crippen molar-refractivity contribution < 1.29 is 17.9 Å². The highest BCUT2D eigenvalue weighted by Crippen LogP contribution is 2.20. The third kappa shape index (κ3) is 4.77. The van der Waals surface area contributed by atoms with Gasteiger partial charge in [0.1, 0.15) is 11.5 Å². The Bertz CT molecular complexity index is 1100. The van der Waals surface area contributed by atoms with Crippen LogP contribution in [0.25, 0.3) is 0 Å². The predicted octanol–water partition coefficient (Wildman–Crippen LogP) is 4.01. The number of methoxy groups -OCH3 is 1. The molecule has 152 valence electrons. The molecule has 0 saturated heterocycles. The van der Waals surface area contributed by atoms with Crippen LogP contribution in [0.2, 0.25) is 0 Å². The van der Waals surface area contributed by atoms with E-state index in [1.807, 2.05) is 38.1 Å². The van der Waals surface area contributed by atoms with Gasteiger partial charge in [0.15, 0.2) is 15.6 Å². The van der Waals surface area contributed by atoms with E-state index in [1.165, 1.54) is 12.1 Å². The first kappa shape index (κ1) is 20.9. The third-order valence-corrected chi connectivity index (χ3v) is 6.71. The standard InChI is InChI=1S/C23H25NO4S/c1-17-15-22(23(25)16-29(26,27)21-7-5-4-6-8-21)18(2)24(17)14-13-19-9-11-20(28-3)12-10-19/h4-12,15H,13-14,16H2,1-3H3. The molecule has 2 aromatic carbocycles. The van der Waals surface area contributed by atoms with E-state index < -0.39 is 15.6 Å². The molecule has 0 aliphatic rings. The Hall–Kier alpha value is -2.86. The fourth-order valence-corrected chi connectivity index (χ4v) is 4.66. The molecule has 0 saturated carbocycles. The average molecular weight is 412 g/mol. The van der Waals surface area contributed by atoms with Crippen molar-refractivity contribution in [3.05, 3.63) is 83.2 Å². The maximum Gasteiger partial charge on any atom is 0.185 e. The van der Waals surface area contributed by atoms with Gasteiger partial charge in [-0.2, -0.15) is 0 Å². The van der Waals surface area contributed by atoms with Crippen molar-refractivity contribution in [1.29, 1.82) is 0 Å². The second kappa shape index (κ2) is 8.66. The lowest BCUT2D eigenvalue weighted by molar-refractivity contribution is 0.102. The number of aryl methyl sites for hydroxylation is 2. The minimum atomic E-state index is -3.66. The molecule has 0 fully saturated rings. The van der Waals surface area contributed by atoms with E-state index in [0.29, 0.717) is 12.1 Å². The third-order valence-electron chi connectivity index (χ3n) is 5.08. The molecule has 3 rings (SSSR count). The van der Waals surface area contributed by atoms with Gasteiger partial charge in [0.05, 0.1) is 12.0 Å². The first-order chi connectivity index (χ1) is 13.8. The van der Waals surface area contributed by atoms with Gasteiger partial charge in [-0.15, -0.1) is 0 Å². The SMILES string of the molecule is COc1ccc(CCn2c(C)cc(C(=O)CS(=O)(=O)c3ccccc3)c2C)cc1. The number of aromatic nitrogens is 1. The van der Waals surface area contributed by atoms with Crippen molar-refractivity contribution in [2.45, 2.75) is 31.7 Å². The van der Waals surface area contributed by atoms with Gasteiger partial charge in [-0.05, 0) is 56.2 Å². The number of rotatable bonds is 8. The summed E-state index contributed by atoms with van der Waals surface area (Å²) >= 11 is 0. The monoisotopic (exact) mass is 411 g/mol. The molecule has 29 heavy (non-hydrogen) atoms. The van der Waals surface area contributed by atoms with E-state index in [-0.39, 0.29) is 10.7 Å². The molecule has 0 bridgehead atoms. The topological polar surface area (TPSA) is 65.4 Å². The van der Waals surface area contributed by atoms with Gasteiger partial charge in [0.2, 0.25) is 0 Å². The largest absolute Gasteiger partial charge is 0.497 e. The van der Waals surface area contributed by atoms with Crippen molar-refractivity contribution in [3.63, 3.8) is 0 Å². The smallest absolute Gasteiger partial charge is 0.185 e. The van der Waals surface area contributed by atoms with Gasteiger partial charge in [-0.3, -0.25) is 4.79 Å². The molecule has 5 nitrogen and oxygen atoms in total. The molecule has 6 heteroatoms. The van der Waals surface area contributed by atoms with Crippen molar-refractivity contribution in [1.82, 2.24) is 4.57 Å². The molecule has 0 spiro atoms. The van der Waals surface area contributed by atoms with E-state index in [4.69, 9.17) is 4.74 Å². The van der Waals surface area contributed by atoms with Crippen LogP contribution in [0.3, 0.4) is 0 Å². The number of nitrogens with zero attached hydrogens (tertiary/aromatic N) is 1. The van der Waals surface area contributed by atoms with Gasteiger partial charge in [0.25, 0.3) is 0 Å². The molecule has 0 atom stereocenters. The van der Waals surface area contributed by atoms with Crippen LogP contribution in [-0.2, 0) is 22.8 Å². The van der Waals surface area contributed by atoms with Gasteiger partial charge in [-0.1, -0.05) is 30.3 Å². The minimum Gasteiger partial charge on any atom is -0.497 e. The number of hydrogen-bond donors (Lipinski definition) is 0. The summed E-state index contributed by atoms with van der Waals surface area (Å²) < 4.78 is 32.3. The first-order valence-electron chi connectivity index (χ1n) is 9.42. The fourth-order valence-electron chi connectivity index (χ4n) is 3.42. The quantitative estimate of drug-likeness (QED) is 0.525. The Morgan fingerprint density at radius 3 is 2.28 bits per heavy atom. The maximum absolute atomic E-state index is 12.8. The number of Topliss-reactive ketones (excluding diaryl/α,β-unsaturated/α-hetero) is 1. The van der Waals surface area contributed by atoms with Crippen LogP contribution in [0.5, 0.6) is 5.75 Å². The molecular weight excluding hydrogens is 386 g/mol. The van der Waals surface area contributed by atoms with Crippen LogP contribution < -0.4 is 4.74 Å². The van der Waals surface area contributed by atoms with Gasteiger partial charge in [-0.25, -0.2) is 8.42 Å². The summed E-state index contributed by atoms with van der Waals surface area (Å²) in [4.78, 5) is 12.9. The lowest BCUT2D eigenvalue weighted by Gasteiger charge is -2.10. The molecule has 0 unspecified atom stereocenters. The Labute approximate surface area is 171 Å². The number of sulfone groups is 1. The summed E-state index contributed by atoms with van der Waals surface area (Å²) in [5.74, 6) is -0.0907. The zero-order valence-electron chi connectivity index (χ0n) is 16.9. The zero-order valence-corrected chi connectivity index (χ0v) is 17.7. The van der Waals surface area contributed by atoms with Crippen LogP contribution in [0.15, 0.2) is 65.6 Å². The molecular formula is C23H25NO4S.